The van der Waals surface area contributed by atoms with E-state index in [1.807, 2.05) is 37.3 Å². The molecule has 0 amide bonds. The molecule has 2 aromatic rings. The maximum absolute atomic E-state index is 12.7. The Balaban J connectivity index is 1.64. The molecule has 156 valence electrons. The molecular weight excluding hydrogens is 388 g/mol. The van der Waals surface area contributed by atoms with E-state index in [-0.39, 0.29) is 18.1 Å². The van der Waals surface area contributed by atoms with Gasteiger partial charge in [-0.3, -0.25) is 0 Å². The summed E-state index contributed by atoms with van der Waals surface area (Å²) in [5.74, 6) is 0.655. The summed E-state index contributed by atoms with van der Waals surface area (Å²) in [6.07, 6.45) is 0.433. The lowest BCUT2D eigenvalue weighted by molar-refractivity contribution is 0.116. The van der Waals surface area contributed by atoms with Gasteiger partial charge in [0.2, 0.25) is 10.0 Å². The molecule has 0 saturated carbocycles. The Morgan fingerprint density at radius 2 is 1.72 bits per heavy atom. The Bertz CT molecular complexity index is 916. The molecule has 6 nitrogen and oxygen atoms in total. The average Bonchev–Trinajstić information content (AvgIpc) is 3.17. The number of nitrogens with zero attached hydrogens (tertiary/aromatic N) is 2. The highest BCUT2D eigenvalue weighted by atomic mass is 32.2. The van der Waals surface area contributed by atoms with Crippen molar-refractivity contribution in [3.63, 3.8) is 0 Å². The van der Waals surface area contributed by atoms with Gasteiger partial charge in [0.1, 0.15) is 12.1 Å². The van der Waals surface area contributed by atoms with Crippen molar-refractivity contribution in [2.75, 3.05) is 27.3 Å². The second-order valence-corrected chi connectivity index (χ2v) is 9.31. The van der Waals surface area contributed by atoms with Crippen LogP contribution >= 0.6 is 0 Å². The van der Waals surface area contributed by atoms with Gasteiger partial charge in [-0.05, 0) is 24.1 Å². The molecule has 0 N–H and O–H groups in total. The zero-order valence-corrected chi connectivity index (χ0v) is 17.9. The summed E-state index contributed by atoms with van der Waals surface area (Å²) >= 11 is 0. The van der Waals surface area contributed by atoms with Crippen LogP contribution in [0.15, 0.2) is 70.6 Å². The largest absolute Gasteiger partial charge is 0.470 e. The van der Waals surface area contributed by atoms with Crippen LogP contribution in [0, 0.1) is 5.92 Å². The molecule has 0 radical (unpaired) electrons. The molecule has 0 fully saturated rings. The third-order valence-electron chi connectivity index (χ3n) is 5.11. The fourth-order valence-electron chi connectivity index (χ4n) is 3.33. The lowest BCUT2D eigenvalue weighted by atomic mass is 10.0. The summed E-state index contributed by atoms with van der Waals surface area (Å²) in [6.45, 7) is 2.86. The normalized spacial score (nSPS) is 20.3. The van der Waals surface area contributed by atoms with Gasteiger partial charge in [-0.2, -0.15) is 0 Å². The van der Waals surface area contributed by atoms with Gasteiger partial charge in [0.25, 0.3) is 0 Å². The third kappa shape index (κ3) is 5.04. The molecule has 2 aromatic carbocycles. The molecule has 0 saturated heterocycles. The van der Waals surface area contributed by atoms with Crippen LogP contribution in [-0.2, 0) is 19.5 Å². The van der Waals surface area contributed by atoms with Crippen molar-refractivity contribution in [2.24, 2.45) is 10.9 Å². The lowest BCUT2D eigenvalue weighted by Gasteiger charge is -2.21. The van der Waals surface area contributed by atoms with Crippen LogP contribution in [0.3, 0.4) is 0 Å². The van der Waals surface area contributed by atoms with Crippen LogP contribution in [-0.4, -0.2) is 52.0 Å². The molecule has 0 aliphatic carbocycles. The van der Waals surface area contributed by atoms with Crippen LogP contribution in [0.4, 0.5) is 0 Å². The molecule has 0 aromatic heterocycles. The second kappa shape index (κ2) is 9.52. The fraction of sp³-hybridized carbons (Fsp3) is 0.409. The molecule has 0 spiro atoms. The maximum Gasteiger partial charge on any atom is 0.242 e. The number of hydrogen-bond acceptors (Lipinski definition) is 5. The summed E-state index contributed by atoms with van der Waals surface area (Å²) in [4.78, 5) is 5.04. The number of methoxy groups -OCH3 is 1. The predicted octanol–water partition coefficient (Wildman–Crippen LogP) is 3.52. The van der Waals surface area contributed by atoms with Crippen molar-refractivity contribution in [2.45, 2.75) is 30.4 Å². The van der Waals surface area contributed by atoms with E-state index in [9.17, 15) is 8.42 Å². The SMILES string of the molecule is COC[C@@H]1N=C(C(C)CCN(C)S(=O)(=O)c2ccccc2)O[C@H]1c1ccccc1. The molecular formula is C22H28N2O4S. The molecule has 1 unspecified atom stereocenters. The number of benzene rings is 2. The first-order chi connectivity index (χ1) is 13.9. The van der Waals surface area contributed by atoms with E-state index in [0.717, 1.165) is 5.56 Å². The Labute approximate surface area is 173 Å². The van der Waals surface area contributed by atoms with E-state index in [0.29, 0.717) is 30.4 Å². The molecule has 0 bridgehead atoms. The average molecular weight is 417 g/mol. The Morgan fingerprint density at radius 1 is 1.10 bits per heavy atom. The van der Waals surface area contributed by atoms with Gasteiger partial charge >= 0.3 is 0 Å². The van der Waals surface area contributed by atoms with E-state index < -0.39 is 10.0 Å². The van der Waals surface area contributed by atoms with Crippen LogP contribution < -0.4 is 0 Å². The minimum absolute atomic E-state index is 0.00325. The minimum atomic E-state index is -3.50. The Morgan fingerprint density at radius 3 is 2.34 bits per heavy atom. The van der Waals surface area contributed by atoms with Crippen molar-refractivity contribution in [3.05, 3.63) is 66.2 Å². The van der Waals surface area contributed by atoms with Crippen molar-refractivity contribution >= 4 is 15.9 Å². The molecule has 29 heavy (non-hydrogen) atoms. The maximum atomic E-state index is 12.7. The van der Waals surface area contributed by atoms with Crippen LogP contribution in [0.2, 0.25) is 0 Å². The van der Waals surface area contributed by atoms with E-state index in [1.165, 1.54) is 4.31 Å². The monoisotopic (exact) mass is 416 g/mol. The zero-order valence-electron chi connectivity index (χ0n) is 17.1. The van der Waals surface area contributed by atoms with Gasteiger partial charge in [0.05, 0.1) is 11.5 Å². The first-order valence-corrected chi connectivity index (χ1v) is 11.2. The van der Waals surface area contributed by atoms with E-state index >= 15 is 0 Å². The van der Waals surface area contributed by atoms with E-state index in [2.05, 4.69) is 0 Å². The predicted molar refractivity (Wildman–Crippen MR) is 113 cm³/mol. The van der Waals surface area contributed by atoms with Gasteiger partial charge < -0.3 is 9.47 Å². The molecule has 1 heterocycles. The Hall–Kier alpha value is -2.22. The topological polar surface area (TPSA) is 68.2 Å². The smallest absolute Gasteiger partial charge is 0.242 e. The number of aliphatic imine (C=N–C) groups is 1. The molecule has 1 aliphatic rings. The van der Waals surface area contributed by atoms with Gasteiger partial charge in [-0.1, -0.05) is 55.5 Å². The van der Waals surface area contributed by atoms with Crippen LogP contribution in [0.1, 0.15) is 25.0 Å². The highest BCUT2D eigenvalue weighted by Gasteiger charge is 2.34. The highest BCUT2D eigenvalue weighted by Crippen LogP contribution is 2.32. The van der Waals surface area contributed by atoms with Crippen LogP contribution in [0.25, 0.3) is 0 Å². The summed E-state index contributed by atoms with van der Waals surface area (Å²) in [5, 5.41) is 0. The van der Waals surface area contributed by atoms with Gasteiger partial charge in [-0.25, -0.2) is 17.7 Å². The number of rotatable bonds is 9. The first kappa shape index (κ1) is 21.5. The standard InChI is InChI=1S/C22H28N2O4S/c1-17(14-15-24(2)29(25,26)19-12-8-5-9-13-19)22-23-20(16-27-3)21(28-22)18-10-6-4-7-11-18/h4-13,17,20-21H,14-16H2,1-3H3/t17?,20-,21-/m0/s1. The quantitative estimate of drug-likeness (QED) is 0.627. The summed E-state index contributed by atoms with van der Waals surface area (Å²) < 4.78 is 38.3. The second-order valence-electron chi connectivity index (χ2n) is 7.27. The lowest BCUT2D eigenvalue weighted by Crippen LogP contribution is -2.30. The van der Waals surface area contributed by atoms with Crippen molar-refractivity contribution < 1.29 is 17.9 Å². The van der Waals surface area contributed by atoms with Crippen LogP contribution in [0.5, 0.6) is 0 Å². The summed E-state index contributed by atoms with van der Waals surface area (Å²) in [5.41, 5.74) is 1.06. The number of hydrogen-bond donors (Lipinski definition) is 0. The zero-order chi connectivity index (χ0) is 20.9. The first-order valence-electron chi connectivity index (χ1n) is 9.73. The highest BCUT2D eigenvalue weighted by molar-refractivity contribution is 7.89. The molecule has 3 rings (SSSR count). The molecule has 7 heteroatoms. The van der Waals surface area contributed by atoms with Gasteiger partial charge in [0, 0.05) is 26.6 Å². The number of ether oxygens (including phenoxy) is 2. The fourth-order valence-corrected chi connectivity index (χ4v) is 4.54. The third-order valence-corrected chi connectivity index (χ3v) is 6.98. The van der Waals surface area contributed by atoms with Crippen molar-refractivity contribution in [3.8, 4) is 0 Å². The molecule has 1 aliphatic heterocycles. The number of sulfonamides is 1. The van der Waals surface area contributed by atoms with E-state index in [4.69, 9.17) is 14.5 Å². The van der Waals surface area contributed by atoms with Gasteiger partial charge in [0.15, 0.2) is 5.90 Å². The van der Waals surface area contributed by atoms with Crippen molar-refractivity contribution in [1.82, 2.24) is 4.31 Å². The van der Waals surface area contributed by atoms with E-state index in [1.54, 1.807) is 44.5 Å². The Kier molecular flexibility index (Phi) is 7.05. The minimum Gasteiger partial charge on any atom is -0.470 e. The summed E-state index contributed by atoms with van der Waals surface area (Å²) in [7, 11) is -0.239. The van der Waals surface area contributed by atoms with Gasteiger partial charge in [-0.15, -0.1) is 0 Å². The summed E-state index contributed by atoms with van der Waals surface area (Å²) in [6, 6.07) is 18.3. The molecule has 3 atom stereocenters. The van der Waals surface area contributed by atoms with Crippen molar-refractivity contribution in [1.29, 1.82) is 0 Å².